The normalized spacial score (nSPS) is 16.9. The smallest absolute Gasteiger partial charge is 0.325 e. The molecule has 0 bridgehead atoms. The van der Waals surface area contributed by atoms with Crippen molar-refractivity contribution in [3.8, 4) is 5.75 Å². The molecule has 1 aliphatic rings. The first-order chi connectivity index (χ1) is 12.1. The van der Waals surface area contributed by atoms with Crippen LogP contribution in [0.3, 0.4) is 0 Å². The Labute approximate surface area is 145 Å². The minimum atomic E-state index is -0.546. The molecule has 2 aromatic rings. The Hall–Kier alpha value is -2.89. The molecule has 1 heterocycles. The number of ether oxygens (including phenoxy) is 1. The van der Waals surface area contributed by atoms with E-state index in [1.807, 2.05) is 30.3 Å². The molecule has 1 atom stereocenters. The number of benzene rings is 2. The van der Waals surface area contributed by atoms with Crippen molar-refractivity contribution in [2.45, 2.75) is 25.4 Å². The zero-order chi connectivity index (χ0) is 17.8. The topological polar surface area (TPSA) is 58.6 Å². The van der Waals surface area contributed by atoms with Crippen molar-refractivity contribution >= 4 is 11.9 Å². The number of carbonyl (C=O) groups excluding carboxylic acids is 2. The molecule has 0 saturated carbocycles. The maximum Gasteiger partial charge on any atom is 0.325 e. The third-order valence-electron chi connectivity index (χ3n) is 4.23. The second kappa shape index (κ2) is 7.34. The van der Waals surface area contributed by atoms with Crippen LogP contribution in [0.15, 0.2) is 48.5 Å². The highest BCUT2D eigenvalue weighted by molar-refractivity contribution is 6.04. The van der Waals surface area contributed by atoms with Crippen LogP contribution in [0.5, 0.6) is 5.75 Å². The lowest BCUT2D eigenvalue weighted by Crippen LogP contribution is -2.31. The van der Waals surface area contributed by atoms with Crippen molar-refractivity contribution in [2.75, 3.05) is 7.11 Å². The van der Waals surface area contributed by atoms with Crippen LogP contribution in [0.1, 0.15) is 17.5 Å². The van der Waals surface area contributed by atoms with E-state index < -0.39 is 17.9 Å². The molecule has 2 aromatic carbocycles. The van der Waals surface area contributed by atoms with Crippen LogP contribution >= 0.6 is 0 Å². The van der Waals surface area contributed by atoms with Crippen LogP contribution in [0, 0.1) is 5.82 Å². The number of rotatable bonds is 6. The Morgan fingerprint density at radius 3 is 2.56 bits per heavy atom. The lowest BCUT2D eigenvalue weighted by Gasteiger charge is -2.14. The molecule has 3 rings (SSSR count). The van der Waals surface area contributed by atoms with E-state index in [4.69, 9.17) is 4.74 Å². The number of hydrogen-bond donors (Lipinski definition) is 1. The van der Waals surface area contributed by atoms with Crippen molar-refractivity contribution in [3.63, 3.8) is 0 Å². The highest BCUT2D eigenvalue weighted by Gasteiger charge is 2.37. The van der Waals surface area contributed by atoms with Crippen LogP contribution in [0.2, 0.25) is 0 Å². The van der Waals surface area contributed by atoms with Gasteiger partial charge in [0.1, 0.15) is 6.04 Å². The van der Waals surface area contributed by atoms with Crippen molar-refractivity contribution in [1.29, 1.82) is 0 Å². The number of carbonyl (C=O) groups is 2. The summed E-state index contributed by atoms with van der Waals surface area (Å²) in [5, 5.41) is 2.70. The van der Waals surface area contributed by atoms with Gasteiger partial charge >= 0.3 is 6.03 Å². The predicted molar refractivity (Wildman–Crippen MR) is 90.6 cm³/mol. The van der Waals surface area contributed by atoms with Gasteiger partial charge in [-0.05, 0) is 36.1 Å². The Morgan fingerprint density at radius 1 is 1.12 bits per heavy atom. The van der Waals surface area contributed by atoms with E-state index in [9.17, 15) is 14.0 Å². The van der Waals surface area contributed by atoms with Crippen molar-refractivity contribution in [1.82, 2.24) is 10.2 Å². The van der Waals surface area contributed by atoms with Crippen molar-refractivity contribution in [2.24, 2.45) is 0 Å². The fourth-order valence-electron chi connectivity index (χ4n) is 2.87. The average molecular weight is 342 g/mol. The van der Waals surface area contributed by atoms with Gasteiger partial charge in [-0.1, -0.05) is 36.4 Å². The summed E-state index contributed by atoms with van der Waals surface area (Å²) in [7, 11) is 1.38. The summed E-state index contributed by atoms with van der Waals surface area (Å²) in [5.41, 5.74) is 1.64. The van der Waals surface area contributed by atoms with Gasteiger partial charge < -0.3 is 10.1 Å². The molecule has 1 N–H and O–H groups in total. The number of amides is 3. The lowest BCUT2D eigenvalue weighted by molar-refractivity contribution is -0.128. The van der Waals surface area contributed by atoms with Gasteiger partial charge in [-0.3, -0.25) is 9.69 Å². The number of nitrogens with zero attached hydrogens (tertiary/aromatic N) is 1. The van der Waals surface area contributed by atoms with Gasteiger partial charge in [0, 0.05) is 0 Å². The maximum atomic E-state index is 13.8. The summed E-state index contributed by atoms with van der Waals surface area (Å²) in [6, 6.07) is 13.2. The minimum absolute atomic E-state index is 0.0351. The number of urea groups is 1. The Kier molecular flexibility index (Phi) is 4.97. The standard InChI is InChI=1S/C19H19FN2O3/c1-25-17-10-8-14(11-15(17)20)12-22-18(23)16(21-19(22)24)9-7-13-5-3-2-4-6-13/h2-6,8,10-11,16H,7,9,12H2,1H3,(H,21,24)/t16-/m0/s1. The largest absolute Gasteiger partial charge is 0.494 e. The summed E-state index contributed by atoms with van der Waals surface area (Å²) < 4.78 is 18.6. The van der Waals surface area contributed by atoms with Crippen LogP contribution in [0.4, 0.5) is 9.18 Å². The van der Waals surface area contributed by atoms with Gasteiger partial charge in [-0.25, -0.2) is 9.18 Å². The number of halogens is 1. The Bertz CT molecular complexity index is 779. The van der Waals surface area contributed by atoms with Gasteiger partial charge in [0.2, 0.25) is 0 Å². The molecule has 0 aliphatic carbocycles. The van der Waals surface area contributed by atoms with Gasteiger partial charge in [-0.2, -0.15) is 0 Å². The van der Waals surface area contributed by atoms with E-state index in [0.29, 0.717) is 18.4 Å². The number of aryl methyl sites for hydroxylation is 1. The van der Waals surface area contributed by atoms with Gasteiger partial charge in [0.15, 0.2) is 11.6 Å². The third-order valence-corrected chi connectivity index (χ3v) is 4.23. The van der Waals surface area contributed by atoms with E-state index in [1.54, 1.807) is 6.07 Å². The number of methoxy groups -OCH3 is 1. The molecule has 1 fully saturated rings. The monoisotopic (exact) mass is 342 g/mol. The molecule has 0 aromatic heterocycles. The second-order valence-electron chi connectivity index (χ2n) is 5.92. The summed E-state index contributed by atoms with van der Waals surface area (Å²) >= 11 is 0. The molecular weight excluding hydrogens is 323 g/mol. The van der Waals surface area contributed by atoms with Gasteiger partial charge in [-0.15, -0.1) is 0 Å². The molecule has 130 valence electrons. The fraction of sp³-hybridized carbons (Fsp3) is 0.263. The summed E-state index contributed by atoms with van der Waals surface area (Å²) in [5.74, 6) is -0.675. The summed E-state index contributed by atoms with van der Waals surface area (Å²) in [4.78, 5) is 25.7. The zero-order valence-corrected chi connectivity index (χ0v) is 13.9. The Balaban J connectivity index is 1.64. The van der Waals surface area contributed by atoms with Crippen LogP contribution in [-0.2, 0) is 17.8 Å². The molecular formula is C19H19FN2O3. The molecule has 5 nitrogen and oxygen atoms in total. The zero-order valence-electron chi connectivity index (χ0n) is 13.9. The second-order valence-corrected chi connectivity index (χ2v) is 5.92. The fourth-order valence-corrected chi connectivity index (χ4v) is 2.87. The molecule has 6 heteroatoms. The van der Waals surface area contributed by atoms with E-state index in [2.05, 4.69) is 5.32 Å². The first-order valence-electron chi connectivity index (χ1n) is 8.06. The third kappa shape index (κ3) is 3.79. The molecule has 25 heavy (non-hydrogen) atoms. The van der Waals surface area contributed by atoms with Crippen LogP contribution in [0.25, 0.3) is 0 Å². The van der Waals surface area contributed by atoms with Gasteiger partial charge in [0.05, 0.1) is 13.7 Å². The maximum absolute atomic E-state index is 13.8. The first-order valence-corrected chi connectivity index (χ1v) is 8.06. The average Bonchev–Trinajstić information content (AvgIpc) is 2.88. The first kappa shape index (κ1) is 17.0. The number of hydrogen-bond acceptors (Lipinski definition) is 3. The SMILES string of the molecule is COc1ccc(CN2C(=O)N[C@@H](CCc3ccccc3)C2=O)cc1F. The van der Waals surface area contributed by atoms with E-state index in [-0.39, 0.29) is 18.2 Å². The predicted octanol–water partition coefficient (Wildman–Crippen LogP) is 2.89. The van der Waals surface area contributed by atoms with Crippen molar-refractivity contribution < 1.29 is 18.7 Å². The number of imide groups is 1. The minimum Gasteiger partial charge on any atom is -0.494 e. The molecule has 3 amide bonds. The summed E-state index contributed by atoms with van der Waals surface area (Å²) in [6.45, 7) is 0.0351. The van der Waals surface area contributed by atoms with Gasteiger partial charge in [0.25, 0.3) is 5.91 Å². The quantitative estimate of drug-likeness (QED) is 0.821. The van der Waals surface area contributed by atoms with E-state index in [1.165, 1.54) is 19.2 Å². The molecule has 0 unspecified atom stereocenters. The molecule has 1 saturated heterocycles. The molecule has 0 spiro atoms. The molecule has 1 aliphatic heterocycles. The van der Waals surface area contributed by atoms with E-state index in [0.717, 1.165) is 10.5 Å². The van der Waals surface area contributed by atoms with Crippen LogP contribution in [-0.4, -0.2) is 30.0 Å². The highest BCUT2D eigenvalue weighted by atomic mass is 19.1. The van der Waals surface area contributed by atoms with Crippen LogP contribution < -0.4 is 10.1 Å². The van der Waals surface area contributed by atoms with Crippen molar-refractivity contribution in [3.05, 3.63) is 65.5 Å². The highest BCUT2D eigenvalue weighted by Crippen LogP contribution is 2.21. The molecule has 0 radical (unpaired) electrons. The lowest BCUT2D eigenvalue weighted by atomic mass is 10.1. The van der Waals surface area contributed by atoms with E-state index >= 15 is 0 Å². The number of nitrogens with one attached hydrogen (secondary N) is 1. The Morgan fingerprint density at radius 2 is 1.88 bits per heavy atom. The summed E-state index contributed by atoms with van der Waals surface area (Å²) in [6.07, 6.45) is 1.23.